The van der Waals surface area contributed by atoms with E-state index in [4.69, 9.17) is 9.47 Å². The van der Waals surface area contributed by atoms with Gasteiger partial charge in [0.05, 0.1) is 23.2 Å². The van der Waals surface area contributed by atoms with Gasteiger partial charge in [0.25, 0.3) is 0 Å². The summed E-state index contributed by atoms with van der Waals surface area (Å²) in [5.41, 5.74) is 1.93. The Balaban J connectivity index is 1.49. The van der Waals surface area contributed by atoms with Crippen molar-refractivity contribution >= 4 is 17.2 Å². The van der Waals surface area contributed by atoms with E-state index in [2.05, 4.69) is 10.3 Å². The highest BCUT2D eigenvalue weighted by atomic mass is 32.1. The number of nitrogens with one attached hydrogen (secondary N) is 1. The molecule has 1 N–H and O–H groups in total. The molecule has 0 spiro atoms. The standard InChI is InChI=1S/C18H20N2O3S/c1-11-19-14(10-24-11)9-17(21)20-18(12-2-3-12)13-4-5-15-16(8-13)23-7-6-22-15/h4-5,8,10,12,18H,2-3,6-7,9H2,1H3,(H,20,21)/t18-/m1/s1. The van der Waals surface area contributed by atoms with Crippen LogP contribution in [0.2, 0.25) is 0 Å². The number of thiazole rings is 1. The van der Waals surface area contributed by atoms with Crippen molar-refractivity contribution in [2.24, 2.45) is 5.92 Å². The maximum atomic E-state index is 12.4. The first-order valence-electron chi connectivity index (χ1n) is 8.29. The van der Waals surface area contributed by atoms with Gasteiger partial charge in [-0.25, -0.2) is 4.98 Å². The molecule has 5 nitrogen and oxygen atoms in total. The Bertz CT molecular complexity index is 754. The minimum absolute atomic E-state index is 0.0205. The van der Waals surface area contributed by atoms with Crippen LogP contribution < -0.4 is 14.8 Å². The smallest absolute Gasteiger partial charge is 0.226 e. The average Bonchev–Trinajstić information content (AvgIpc) is 3.35. The normalized spacial score (nSPS) is 17.4. The number of carbonyl (C=O) groups is 1. The van der Waals surface area contributed by atoms with E-state index in [1.807, 2.05) is 30.5 Å². The highest BCUT2D eigenvalue weighted by molar-refractivity contribution is 7.09. The number of aromatic nitrogens is 1. The summed E-state index contributed by atoms with van der Waals surface area (Å²) in [7, 11) is 0. The van der Waals surface area contributed by atoms with Crippen LogP contribution in [0.15, 0.2) is 23.6 Å². The van der Waals surface area contributed by atoms with Crippen LogP contribution in [0.5, 0.6) is 11.5 Å². The van der Waals surface area contributed by atoms with Crippen molar-refractivity contribution in [3.05, 3.63) is 39.8 Å². The Morgan fingerprint density at radius 2 is 2.12 bits per heavy atom. The van der Waals surface area contributed by atoms with Gasteiger partial charge in [0.15, 0.2) is 11.5 Å². The number of carbonyl (C=O) groups excluding carboxylic acids is 1. The van der Waals surface area contributed by atoms with Crippen molar-refractivity contribution in [3.8, 4) is 11.5 Å². The van der Waals surface area contributed by atoms with Crippen LogP contribution in [0.25, 0.3) is 0 Å². The third-order valence-electron chi connectivity index (χ3n) is 4.34. The predicted molar refractivity (Wildman–Crippen MR) is 91.6 cm³/mol. The highest BCUT2D eigenvalue weighted by Crippen LogP contribution is 2.43. The fraction of sp³-hybridized carbons (Fsp3) is 0.444. The zero-order chi connectivity index (χ0) is 16.5. The van der Waals surface area contributed by atoms with Gasteiger partial charge in [-0.1, -0.05) is 6.07 Å². The Hall–Kier alpha value is -2.08. The predicted octanol–water partition coefficient (Wildman–Crippen LogP) is 3.03. The summed E-state index contributed by atoms with van der Waals surface area (Å²) >= 11 is 1.57. The summed E-state index contributed by atoms with van der Waals surface area (Å²) in [6, 6.07) is 6.01. The van der Waals surface area contributed by atoms with Gasteiger partial charge in [-0.05, 0) is 43.4 Å². The van der Waals surface area contributed by atoms with E-state index in [0.29, 0.717) is 25.6 Å². The molecule has 1 amide bonds. The molecule has 2 aromatic rings. The van der Waals surface area contributed by atoms with Crippen molar-refractivity contribution in [1.29, 1.82) is 0 Å². The number of nitrogens with zero attached hydrogens (tertiary/aromatic N) is 1. The average molecular weight is 344 g/mol. The van der Waals surface area contributed by atoms with Crippen LogP contribution >= 0.6 is 11.3 Å². The fourth-order valence-corrected chi connectivity index (χ4v) is 3.65. The van der Waals surface area contributed by atoms with Gasteiger partial charge in [-0.15, -0.1) is 11.3 Å². The zero-order valence-corrected chi connectivity index (χ0v) is 14.4. The number of amides is 1. The highest BCUT2D eigenvalue weighted by Gasteiger charge is 2.34. The van der Waals surface area contributed by atoms with Gasteiger partial charge in [-0.3, -0.25) is 4.79 Å². The molecule has 24 heavy (non-hydrogen) atoms. The molecule has 1 aromatic heterocycles. The minimum atomic E-state index is 0.0205. The summed E-state index contributed by atoms with van der Waals surface area (Å²) < 4.78 is 11.2. The van der Waals surface area contributed by atoms with Crippen molar-refractivity contribution in [2.45, 2.75) is 32.2 Å². The molecular formula is C18H20N2O3S. The molecule has 1 aliphatic carbocycles. The largest absolute Gasteiger partial charge is 0.486 e. The summed E-state index contributed by atoms with van der Waals surface area (Å²) in [4.78, 5) is 16.8. The molecule has 0 radical (unpaired) electrons. The molecule has 1 saturated carbocycles. The molecule has 1 fully saturated rings. The monoisotopic (exact) mass is 344 g/mol. The van der Waals surface area contributed by atoms with Crippen molar-refractivity contribution in [1.82, 2.24) is 10.3 Å². The van der Waals surface area contributed by atoms with Gasteiger partial charge in [-0.2, -0.15) is 0 Å². The molecule has 1 atom stereocenters. The Labute approximate surface area is 145 Å². The van der Waals surface area contributed by atoms with Crippen LogP contribution in [-0.4, -0.2) is 24.1 Å². The third kappa shape index (κ3) is 3.38. The molecular weight excluding hydrogens is 324 g/mol. The second-order valence-electron chi connectivity index (χ2n) is 6.32. The van der Waals surface area contributed by atoms with E-state index in [1.54, 1.807) is 11.3 Å². The maximum absolute atomic E-state index is 12.4. The Morgan fingerprint density at radius 3 is 2.83 bits per heavy atom. The van der Waals surface area contributed by atoms with Crippen LogP contribution in [0.3, 0.4) is 0 Å². The van der Waals surface area contributed by atoms with Crippen molar-refractivity contribution < 1.29 is 14.3 Å². The molecule has 4 rings (SSSR count). The van der Waals surface area contributed by atoms with Gasteiger partial charge in [0.1, 0.15) is 13.2 Å². The number of benzene rings is 1. The number of hydrogen-bond acceptors (Lipinski definition) is 5. The van der Waals surface area contributed by atoms with E-state index in [0.717, 1.165) is 40.6 Å². The molecule has 1 aromatic carbocycles. The first-order chi connectivity index (χ1) is 11.7. The van der Waals surface area contributed by atoms with E-state index < -0.39 is 0 Å². The van der Waals surface area contributed by atoms with Crippen LogP contribution in [0.1, 0.15) is 35.1 Å². The summed E-state index contributed by atoms with van der Waals surface area (Å²) in [6.07, 6.45) is 2.63. The summed E-state index contributed by atoms with van der Waals surface area (Å²) in [6.45, 7) is 3.11. The van der Waals surface area contributed by atoms with E-state index in [9.17, 15) is 4.79 Å². The molecule has 2 aliphatic rings. The fourth-order valence-electron chi connectivity index (χ4n) is 3.03. The lowest BCUT2D eigenvalue weighted by Gasteiger charge is -2.23. The van der Waals surface area contributed by atoms with Crippen LogP contribution in [0.4, 0.5) is 0 Å². The second kappa shape index (κ2) is 6.43. The van der Waals surface area contributed by atoms with Gasteiger partial charge >= 0.3 is 0 Å². The van der Waals surface area contributed by atoms with Crippen LogP contribution in [0, 0.1) is 12.8 Å². The number of rotatable bonds is 5. The lowest BCUT2D eigenvalue weighted by molar-refractivity contribution is -0.121. The third-order valence-corrected chi connectivity index (χ3v) is 5.17. The molecule has 0 unspecified atom stereocenters. The molecule has 0 bridgehead atoms. The van der Waals surface area contributed by atoms with Gasteiger partial charge < -0.3 is 14.8 Å². The van der Waals surface area contributed by atoms with Gasteiger partial charge in [0, 0.05) is 5.38 Å². The minimum Gasteiger partial charge on any atom is -0.486 e. The Morgan fingerprint density at radius 1 is 1.33 bits per heavy atom. The molecule has 2 heterocycles. The lowest BCUT2D eigenvalue weighted by Crippen LogP contribution is -2.31. The topological polar surface area (TPSA) is 60.5 Å². The van der Waals surface area contributed by atoms with Crippen molar-refractivity contribution in [2.75, 3.05) is 13.2 Å². The first kappa shape index (κ1) is 15.4. The second-order valence-corrected chi connectivity index (χ2v) is 7.38. The molecule has 0 saturated heterocycles. The lowest BCUT2D eigenvalue weighted by atomic mass is 10.0. The molecule has 1 aliphatic heterocycles. The number of ether oxygens (including phenoxy) is 2. The first-order valence-corrected chi connectivity index (χ1v) is 9.17. The zero-order valence-electron chi connectivity index (χ0n) is 13.6. The van der Waals surface area contributed by atoms with Gasteiger partial charge in [0.2, 0.25) is 5.91 Å². The number of aryl methyl sites for hydroxylation is 1. The molecule has 6 heteroatoms. The SMILES string of the molecule is Cc1nc(CC(=O)N[C@@H](c2ccc3c(c2)OCCO3)C2CC2)cs1. The maximum Gasteiger partial charge on any atom is 0.226 e. The molecule has 126 valence electrons. The van der Waals surface area contributed by atoms with E-state index in [1.165, 1.54) is 0 Å². The van der Waals surface area contributed by atoms with E-state index in [-0.39, 0.29) is 11.9 Å². The van der Waals surface area contributed by atoms with Crippen LogP contribution in [-0.2, 0) is 11.2 Å². The number of hydrogen-bond donors (Lipinski definition) is 1. The Kier molecular flexibility index (Phi) is 4.14. The quantitative estimate of drug-likeness (QED) is 0.906. The summed E-state index contributed by atoms with van der Waals surface area (Å²) in [5, 5.41) is 6.13. The summed E-state index contributed by atoms with van der Waals surface area (Å²) in [5.74, 6) is 2.08. The number of fused-ring (bicyclic) bond motifs is 1. The van der Waals surface area contributed by atoms with E-state index >= 15 is 0 Å². The van der Waals surface area contributed by atoms with Crippen molar-refractivity contribution in [3.63, 3.8) is 0 Å².